The highest BCUT2D eigenvalue weighted by molar-refractivity contribution is 5.42. The number of likely N-dealkylation sites (tertiary alicyclic amines) is 1. The van der Waals surface area contributed by atoms with E-state index in [4.69, 9.17) is 0 Å². The Hall–Kier alpha value is -2.09. The van der Waals surface area contributed by atoms with Gasteiger partial charge in [-0.2, -0.15) is 13.2 Å². The van der Waals surface area contributed by atoms with E-state index in [1.54, 1.807) is 4.90 Å². The quantitative estimate of drug-likeness (QED) is 0.762. The van der Waals surface area contributed by atoms with E-state index in [1.807, 2.05) is 31.2 Å². The van der Waals surface area contributed by atoms with E-state index in [0.717, 1.165) is 17.2 Å². The third kappa shape index (κ3) is 3.81. The maximum atomic E-state index is 13.0. The molecule has 0 unspecified atom stereocenters. The number of rotatable bonds is 4. The molecule has 7 heteroatoms. The molecule has 0 amide bonds. The summed E-state index contributed by atoms with van der Waals surface area (Å²) in [6.45, 7) is 1.97. The van der Waals surface area contributed by atoms with Crippen molar-refractivity contribution in [2.24, 2.45) is 0 Å². The number of aliphatic hydroxyl groups is 2. The Morgan fingerprint density at radius 3 is 2.44 bits per heavy atom. The number of phenols is 1. The number of halogens is 3. The molecule has 0 spiro atoms. The fourth-order valence-electron chi connectivity index (χ4n) is 3.84. The van der Waals surface area contributed by atoms with E-state index in [9.17, 15) is 28.5 Å². The van der Waals surface area contributed by atoms with Crippen molar-refractivity contribution in [2.75, 3.05) is 13.2 Å². The Balaban J connectivity index is 1.88. The van der Waals surface area contributed by atoms with E-state index in [2.05, 4.69) is 0 Å². The number of benzene rings is 2. The van der Waals surface area contributed by atoms with Gasteiger partial charge in [0.15, 0.2) is 0 Å². The van der Waals surface area contributed by atoms with Crippen LogP contribution in [0.25, 0.3) is 0 Å². The predicted octanol–water partition coefficient (Wildman–Crippen LogP) is 3.04. The van der Waals surface area contributed by atoms with Gasteiger partial charge in [-0.25, -0.2) is 0 Å². The van der Waals surface area contributed by atoms with Crippen LogP contribution in [0, 0.1) is 6.92 Å². The van der Waals surface area contributed by atoms with Crippen molar-refractivity contribution in [1.29, 1.82) is 0 Å². The summed E-state index contributed by atoms with van der Waals surface area (Å²) in [5.41, 5.74) is 0.970. The van der Waals surface area contributed by atoms with Crippen LogP contribution in [0.5, 0.6) is 5.75 Å². The zero-order valence-electron chi connectivity index (χ0n) is 14.8. The summed E-state index contributed by atoms with van der Waals surface area (Å²) in [4.78, 5) is 1.72. The minimum atomic E-state index is -4.65. The van der Waals surface area contributed by atoms with Crippen molar-refractivity contribution < 1.29 is 28.5 Å². The largest absolute Gasteiger partial charge is 0.507 e. The van der Waals surface area contributed by atoms with Crippen LogP contribution < -0.4 is 0 Å². The number of hydrogen-bond donors (Lipinski definition) is 3. The summed E-state index contributed by atoms with van der Waals surface area (Å²) in [5.74, 6) is -1.08. The lowest BCUT2D eigenvalue weighted by Crippen LogP contribution is -2.38. The van der Waals surface area contributed by atoms with Gasteiger partial charge in [0.1, 0.15) is 5.75 Å². The van der Waals surface area contributed by atoms with Crippen LogP contribution in [0.4, 0.5) is 13.2 Å². The summed E-state index contributed by atoms with van der Waals surface area (Å²) in [7, 11) is 0. The predicted molar refractivity (Wildman–Crippen MR) is 94.3 cm³/mol. The zero-order chi connectivity index (χ0) is 19.8. The Bertz CT molecular complexity index is 809. The molecule has 1 saturated heterocycles. The van der Waals surface area contributed by atoms with Crippen LogP contribution in [0.1, 0.15) is 28.2 Å². The molecule has 4 nitrogen and oxygen atoms in total. The molecular formula is C20H22F3NO3. The molecule has 2 aromatic carbocycles. The molecule has 27 heavy (non-hydrogen) atoms. The van der Waals surface area contributed by atoms with Gasteiger partial charge in [0.25, 0.3) is 0 Å². The standard InChI is InChI=1S/C20H22F3NO3/c1-12-5-2-3-7-14(12)15-10-24(17(11-25)19(15)27)9-13-6-4-8-16(18(13)26)20(21,22)23/h2-8,15,17,19,25-27H,9-11H2,1H3/t15-,17-,19-/m1/s1. The Kier molecular flexibility index (Phi) is 5.46. The summed E-state index contributed by atoms with van der Waals surface area (Å²) in [6, 6.07) is 10.5. The molecule has 1 fully saturated rings. The monoisotopic (exact) mass is 381 g/mol. The molecule has 1 aliphatic heterocycles. The van der Waals surface area contributed by atoms with Gasteiger partial charge in [0.2, 0.25) is 0 Å². The van der Waals surface area contributed by atoms with Gasteiger partial charge >= 0.3 is 6.18 Å². The minimum Gasteiger partial charge on any atom is -0.507 e. The van der Waals surface area contributed by atoms with Crippen LogP contribution in [-0.4, -0.2) is 45.5 Å². The van der Waals surface area contributed by atoms with Gasteiger partial charge in [-0.1, -0.05) is 36.4 Å². The topological polar surface area (TPSA) is 63.9 Å². The van der Waals surface area contributed by atoms with E-state index in [0.29, 0.717) is 6.54 Å². The molecule has 3 N–H and O–H groups in total. The number of phenolic OH excluding ortho intramolecular Hbond substituents is 1. The summed E-state index contributed by atoms with van der Waals surface area (Å²) in [5, 5.41) is 30.5. The zero-order valence-corrected chi connectivity index (χ0v) is 14.8. The lowest BCUT2D eigenvalue weighted by molar-refractivity contribution is -0.138. The van der Waals surface area contributed by atoms with Crippen molar-refractivity contribution in [3.05, 3.63) is 64.7 Å². The van der Waals surface area contributed by atoms with Crippen molar-refractivity contribution in [1.82, 2.24) is 4.90 Å². The summed E-state index contributed by atoms with van der Waals surface area (Å²) in [6.07, 6.45) is -5.51. The van der Waals surface area contributed by atoms with Gasteiger partial charge in [0, 0.05) is 24.6 Å². The Morgan fingerprint density at radius 2 is 1.81 bits per heavy atom. The number of para-hydroxylation sites is 1. The van der Waals surface area contributed by atoms with Crippen LogP contribution >= 0.6 is 0 Å². The van der Waals surface area contributed by atoms with Crippen molar-refractivity contribution in [3.8, 4) is 5.75 Å². The number of aliphatic hydroxyl groups excluding tert-OH is 2. The Morgan fingerprint density at radius 1 is 1.11 bits per heavy atom. The molecule has 146 valence electrons. The minimum absolute atomic E-state index is 0.000418. The van der Waals surface area contributed by atoms with Crippen LogP contribution in [0.2, 0.25) is 0 Å². The maximum absolute atomic E-state index is 13.0. The molecule has 0 aromatic heterocycles. The third-order valence-corrected chi connectivity index (χ3v) is 5.28. The van der Waals surface area contributed by atoms with Crippen molar-refractivity contribution >= 4 is 0 Å². The van der Waals surface area contributed by atoms with Gasteiger partial charge in [-0.3, -0.25) is 4.90 Å². The normalized spacial score (nSPS) is 23.7. The first-order chi connectivity index (χ1) is 12.7. The highest BCUT2D eigenvalue weighted by Gasteiger charge is 2.42. The van der Waals surface area contributed by atoms with Crippen molar-refractivity contribution in [2.45, 2.75) is 37.7 Å². The first kappa shape index (κ1) is 19.7. The number of aryl methyl sites for hydroxylation is 1. The second-order valence-corrected chi connectivity index (χ2v) is 6.94. The van der Waals surface area contributed by atoms with Crippen LogP contribution in [0.15, 0.2) is 42.5 Å². The molecule has 0 bridgehead atoms. The highest BCUT2D eigenvalue weighted by Crippen LogP contribution is 2.39. The number of hydrogen-bond acceptors (Lipinski definition) is 4. The van der Waals surface area contributed by atoms with E-state index < -0.39 is 29.6 Å². The molecule has 1 aliphatic rings. The second kappa shape index (κ2) is 7.50. The number of alkyl halides is 3. The van der Waals surface area contributed by atoms with E-state index in [-0.39, 0.29) is 24.6 Å². The number of aromatic hydroxyl groups is 1. The van der Waals surface area contributed by atoms with Gasteiger partial charge in [-0.15, -0.1) is 0 Å². The lowest BCUT2D eigenvalue weighted by atomic mass is 9.90. The first-order valence-electron chi connectivity index (χ1n) is 8.70. The Labute approximate surface area is 155 Å². The van der Waals surface area contributed by atoms with Gasteiger partial charge in [-0.05, 0) is 24.1 Å². The van der Waals surface area contributed by atoms with Gasteiger partial charge < -0.3 is 15.3 Å². The first-order valence-corrected chi connectivity index (χ1v) is 8.70. The number of nitrogens with zero attached hydrogens (tertiary/aromatic N) is 1. The SMILES string of the molecule is Cc1ccccc1[C@H]1CN(Cc2cccc(C(F)(F)F)c2O)[C@H](CO)[C@@H]1O. The van der Waals surface area contributed by atoms with Gasteiger partial charge in [0.05, 0.1) is 24.3 Å². The molecule has 3 atom stereocenters. The molecule has 0 saturated carbocycles. The summed E-state index contributed by atoms with van der Waals surface area (Å²) < 4.78 is 39.1. The average Bonchev–Trinajstić information content (AvgIpc) is 2.91. The second-order valence-electron chi connectivity index (χ2n) is 6.94. The highest BCUT2D eigenvalue weighted by atomic mass is 19.4. The fraction of sp³-hybridized carbons (Fsp3) is 0.400. The average molecular weight is 381 g/mol. The molecule has 1 heterocycles. The third-order valence-electron chi connectivity index (χ3n) is 5.28. The van der Waals surface area contributed by atoms with Crippen LogP contribution in [0.3, 0.4) is 0 Å². The molecule has 2 aromatic rings. The fourth-order valence-corrected chi connectivity index (χ4v) is 3.84. The smallest absolute Gasteiger partial charge is 0.419 e. The molecular weight excluding hydrogens is 359 g/mol. The lowest BCUT2D eigenvalue weighted by Gasteiger charge is -2.25. The van der Waals surface area contributed by atoms with E-state index >= 15 is 0 Å². The van der Waals surface area contributed by atoms with E-state index in [1.165, 1.54) is 12.1 Å². The van der Waals surface area contributed by atoms with Crippen LogP contribution in [-0.2, 0) is 12.7 Å². The summed E-state index contributed by atoms with van der Waals surface area (Å²) >= 11 is 0. The molecule has 0 radical (unpaired) electrons. The molecule has 0 aliphatic carbocycles. The van der Waals surface area contributed by atoms with Crippen molar-refractivity contribution in [3.63, 3.8) is 0 Å². The molecule has 3 rings (SSSR count). The maximum Gasteiger partial charge on any atom is 0.419 e.